The van der Waals surface area contributed by atoms with Gasteiger partial charge < -0.3 is 24.0 Å². The first-order valence-corrected chi connectivity index (χ1v) is 8.03. The van der Waals surface area contributed by atoms with Crippen molar-refractivity contribution in [1.29, 1.82) is 0 Å². The second kappa shape index (κ2) is 5.06. The van der Waals surface area contributed by atoms with E-state index in [1.165, 1.54) is 0 Å². The van der Waals surface area contributed by atoms with Gasteiger partial charge in [0, 0.05) is 18.7 Å². The van der Waals surface area contributed by atoms with Gasteiger partial charge >= 0.3 is 0 Å². The third-order valence-electron chi connectivity index (χ3n) is 4.66. The number of anilines is 2. The molecule has 0 unspecified atom stereocenters. The fraction of sp³-hybridized carbons (Fsp3) is 0.278. The molecular weight excluding hydrogens is 308 g/mol. The van der Waals surface area contributed by atoms with Gasteiger partial charge in [-0.1, -0.05) is 6.07 Å². The number of ether oxygens (including phenoxy) is 3. The minimum Gasteiger partial charge on any atom is -0.489 e. The summed E-state index contributed by atoms with van der Waals surface area (Å²) in [4.78, 5) is 17.2. The summed E-state index contributed by atoms with van der Waals surface area (Å²) in [6.45, 7) is 3.21. The van der Waals surface area contributed by atoms with Crippen molar-refractivity contribution in [2.75, 3.05) is 42.8 Å². The molecule has 0 aromatic heterocycles. The van der Waals surface area contributed by atoms with Crippen LogP contribution in [-0.2, 0) is 0 Å². The van der Waals surface area contributed by atoms with E-state index < -0.39 is 0 Å². The number of nitrogens with zero attached hydrogens (tertiary/aromatic N) is 2. The molecule has 3 heterocycles. The molecule has 0 bridgehead atoms. The van der Waals surface area contributed by atoms with Crippen molar-refractivity contribution in [3.63, 3.8) is 0 Å². The van der Waals surface area contributed by atoms with Gasteiger partial charge in [0.05, 0.1) is 12.2 Å². The molecule has 6 heteroatoms. The Labute approximate surface area is 139 Å². The maximum absolute atomic E-state index is 13.1. The Morgan fingerprint density at radius 3 is 2.79 bits per heavy atom. The normalized spacial score (nSPS) is 17.3. The molecule has 0 saturated carbocycles. The van der Waals surface area contributed by atoms with E-state index >= 15 is 0 Å². The van der Waals surface area contributed by atoms with Crippen molar-refractivity contribution in [3.05, 3.63) is 42.0 Å². The topological polar surface area (TPSA) is 51.2 Å². The number of carbonyl (C=O) groups is 1. The average Bonchev–Trinajstić information content (AvgIpc) is 3.10. The van der Waals surface area contributed by atoms with E-state index in [9.17, 15) is 4.79 Å². The van der Waals surface area contributed by atoms with Crippen LogP contribution < -0.4 is 24.0 Å². The van der Waals surface area contributed by atoms with Crippen molar-refractivity contribution in [3.8, 4) is 17.2 Å². The molecular formula is C18H16N2O4. The van der Waals surface area contributed by atoms with Crippen LogP contribution in [0, 0.1) is 0 Å². The maximum atomic E-state index is 13.1. The second-order valence-corrected chi connectivity index (χ2v) is 5.98. The number of hydrogen-bond donors (Lipinski definition) is 0. The van der Waals surface area contributed by atoms with E-state index in [-0.39, 0.29) is 12.7 Å². The summed E-state index contributed by atoms with van der Waals surface area (Å²) in [5.74, 6) is 2.12. The van der Waals surface area contributed by atoms with Crippen LogP contribution in [0.2, 0.25) is 0 Å². The lowest BCUT2D eigenvalue weighted by Gasteiger charge is -2.41. The molecule has 0 saturated heterocycles. The quantitative estimate of drug-likeness (QED) is 0.805. The molecule has 122 valence electrons. The number of amides is 1. The van der Waals surface area contributed by atoms with E-state index in [0.29, 0.717) is 30.2 Å². The largest absolute Gasteiger partial charge is 0.489 e. The Morgan fingerprint density at radius 2 is 1.83 bits per heavy atom. The summed E-state index contributed by atoms with van der Waals surface area (Å²) < 4.78 is 16.5. The Balaban J connectivity index is 1.54. The fourth-order valence-electron chi connectivity index (χ4n) is 3.50. The summed E-state index contributed by atoms with van der Waals surface area (Å²) in [6, 6.07) is 11.2. The molecule has 1 amide bonds. The number of hydrogen-bond acceptors (Lipinski definition) is 5. The van der Waals surface area contributed by atoms with Crippen molar-refractivity contribution >= 4 is 17.3 Å². The molecule has 24 heavy (non-hydrogen) atoms. The van der Waals surface area contributed by atoms with Crippen molar-refractivity contribution in [2.45, 2.75) is 0 Å². The highest BCUT2D eigenvalue weighted by molar-refractivity contribution is 6.09. The van der Waals surface area contributed by atoms with Gasteiger partial charge in [0.1, 0.15) is 18.0 Å². The zero-order chi connectivity index (χ0) is 16.1. The van der Waals surface area contributed by atoms with Crippen LogP contribution in [0.15, 0.2) is 36.4 Å². The standard InChI is InChI=1S/C18H16N2O4/c21-18(12-4-5-14-16(10-12)24-11-23-14)20-7-6-19-8-9-22-15-3-1-2-13(20)17(15)19/h1-5,10H,6-9,11H2. The van der Waals surface area contributed by atoms with E-state index in [0.717, 1.165) is 30.2 Å². The van der Waals surface area contributed by atoms with Crippen LogP contribution in [0.25, 0.3) is 0 Å². The van der Waals surface area contributed by atoms with Crippen LogP contribution in [0.4, 0.5) is 11.4 Å². The highest BCUT2D eigenvalue weighted by Crippen LogP contribution is 2.43. The SMILES string of the molecule is O=C(c1ccc2c(c1)OCO2)N1CCN2CCOc3cccc1c32. The number of carbonyl (C=O) groups excluding carboxylic acids is 1. The summed E-state index contributed by atoms with van der Waals surface area (Å²) >= 11 is 0. The second-order valence-electron chi connectivity index (χ2n) is 5.98. The lowest BCUT2D eigenvalue weighted by atomic mass is 10.1. The maximum Gasteiger partial charge on any atom is 0.258 e. The molecule has 0 spiro atoms. The molecule has 0 fully saturated rings. The Hall–Kier alpha value is -2.89. The molecule has 2 aromatic rings. The third kappa shape index (κ3) is 1.92. The Kier molecular flexibility index (Phi) is 2.85. The van der Waals surface area contributed by atoms with Crippen molar-refractivity contribution < 1.29 is 19.0 Å². The van der Waals surface area contributed by atoms with Gasteiger partial charge in [0.25, 0.3) is 5.91 Å². The number of fused-ring (bicyclic) bond motifs is 1. The third-order valence-corrected chi connectivity index (χ3v) is 4.66. The molecule has 0 N–H and O–H groups in total. The van der Waals surface area contributed by atoms with E-state index in [4.69, 9.17) is 14.2 Å². The van der Waals surface area contributed by atoms with Crippen LogP contribution >= 0.6 is 0 Å². The highest BCUT2D eigenvalue weighted by atomic mass is 16.7. The predicted octanol–water partition coefficient (Wildman–Crippen LogP) is 2.27. The molecule has 3 aliphatic heterocycles. The summed E-state index contributed by atoms with van der Waals surface area (Å²) in [5, 5.41) is 0. The minimum absolute atomic E-state index is 0.0353. The van der Waals surface area contributed by atoms with Gasteiger partial charge in [-0.2, -0.15) is 0 Å². The smallest absolute Gasteiger partial charge is 0.258 e. The minimum atomic E-state index is -0.0353. The highest BCUT2D eigenvalue weighted by Gasteiger charge is 2.32. The summed E-state index contributed by atoms with van der Waals surface area (Å²) in [6.07, 6.45) is 0. The summed E-state index contributed by atoms with van der Waals surface area (Å²) in [5.41, 5.74) is 2.52. The summed E-state index contributed by atoms with van der Waals surface area (Å²) in [7, 11) is 0. The van der Waals surface area contributed by atoms with Gasteiger partial charge in [0.15, 0.2) is 11.5 Å². The molecule has 5 rings (SSSR count). The molecule has 0 aliphatic carbocycles. The number of rotatable bonds is 1. The number of benzene rings is 2. The molecule has 0 radical (unpaired) electrons. The zero-order valence-corrected chi connectivity index (χ0v) is 13.0. The molecule has 6 nitrogen and oxygen atoms in total. The van der Waals surface area contributed by atoms with E-state index in [1.807, 2.05) is 23.1 Å². The lowest BCUT2D eigenvalue weighted by Crippen LogP contribution is -2.47. The van der Waals surface area contributed by atoms with Gasteiger partial charge in [0.2, 0.25) is 6.79 Å². The van der Waals surface area contributed by atoms with E-state index in [1.54, 1.807) is 18.2 Å². The fourth-order valence-corrected chi connectivity index (χ4v) is 3.50. The van der Waals surface area contributed by atoms with Crippen LogP contribution in [0.5, 0.6) is 17.2 Å². The lowest BCUT2D eigenvalue weighted by molar-refractivity contribution is 0.0986. The first-order chi connectivity index (χ1) is 11.8. The van der Waals surface area contributed by atoms with Gasteiger partial charge in [-0.3, -0.25) is 4.79 Å². The molecule has 3 aliphatic rings. The van der Waals surface area contributed by atoms with Crippen molar-refractivity contribution in [2.24, 2.45) is 0 Å². The average molecular weight is 324 g/mol. The van der Waals surface area contributed by atoms with E-state index in [2.05, 4.69) is 4.90 Å². The predicted molar refractivity (Wildman–Crippen MR) is 88.4 cm³/mol. The number of para-hydroxylation sites is 1. The molecule has 2 aromatic carbocycles. The molecule has 0 atom stereocenters. The monoisotopic (exact) mass is 324 g/mol. The van der Waals surface area contributed by atoms with Crippen molar-refractivity contribution in [1.82, 2.24) is 0 Å². The Morgan fingerprint density at radius 1 is 0.917 bits per heavy atom. The Bertz CT molecular complexity index is 836. The first-order valence-electron chi connectivity index (χ1n) is 8.03. The first kappa shape index (κ1) is 13.5. The van der Waals surface area contributed by atoms with Crippen LogP contribution in [-0.4, -0.2) is 38.9 Å². The van der Waals surface area contributed by atoms with Crippen LogP contribution in [0.3, 0.4) is 0 Å². The van der Waals surface area contributed by atoms with Gasteiger partial charge in [-0.25, -0.2) is 0 Å². The van der Waals surface area contributed by atoms with Gasteiger partial charge in [-0.15, -0.1) is 0 Å². The zero-order valence-electron chi connectivity index (χ0n) is 13.0. The van der Waals surface area contributed by atoms with Crippen LogP contribution in [0.1, 0.15) is 10.4 Å². The van der Waals surface area contributed by atoms with Gasteiger partial charge in [-0.05, 0) is 30.3 Å².